The number of hydrogen-bond acceptors (Lipinski definition) is 7. The molecule has 1 aromatic heterocycles. The summed E-state index contributed by atoms with van der Waals surface area (Å²) in [4.78, 5) is 7.78. The second-order valence-corrected chi connectivity index (χ2v) is 5.69. The van der Waals surface area contributed by atoms with Gasteiger partial charge >= 0.3 is 0 Å². The Balaban J connectivity index is 2.30. The van der Waals surface area contributed by atoms with E-state index in [1.165, 1.54) is 24.3 Å². The van der Waals surface area contributed by atoms with Crippen LogP contribution in [0.3, 0.4) is 0 Å². The molecule has 9 heteroatoms. The average Bonchev–Trinajstić information content (AvgIpc) is 2.37. The average molecular weight is 307 g/mol. The van der Waals surface area contributed by atoms with Gasteiger partial charge in [-0.25, -0.2) is 9.97 Å². The molecule has 0 amide bonds. The molecule has 0 saturated carbocycles. The molecule has 110 valence electrons. The molecular formula is C12H13N5O3S. The van der Waals surface area contributed by atoms with Gasteiger partial charge in [0.1, 0.15) is 5.69 Å². The van der Waals surface area contributed by atoms with Gasteiger partial charge in [-0.3, -0.25) is 4.55 Å². The highest BCUT2D eigenvalue weighted by atomic mass is 32.2. The topological polar surface area (TPSA) is 131 Å². The fourth-order valence-electron chi connectivity index (χ4n) is 1.67. The van der Waals surface area contributed by atoms with Crippen LogP contribution < -0.4 is 5.73 Å². The van der Waals surface area contributed by atoms with Crippen LogP contribution in [0.2, 0.25) is 0 Å². The van der Waals surface area contributed by atoms with Gasteiger partial charge in [0, 0.05) is 0 Å². The van der Waals surface area contributed by atoms with Gasteiger partial charge in [-0.2, -0.15) is 13.5 Å². The smallest absolute Gasteiger partial charge is 0.294 e. The van der Waals surface area contributed by atoms with E-state index in [9.17, 15) is 8.42 Å². The van der Waals surface area contributed by atoms with E-state index in [1.807, 2.05) is 0 Å². The fourth-order valence-corrected chi connectivity index (χ4v) is 2.15. The summed E-state index contributed by atoms with van der Waals surface area (Å²) in [6.45, 7) is 3.47. The van der Waals surface area contributed by atoms with Crippen LogP contribution in [0.1, 0.15) is 11.4 Å². The summed E-state index contributed by atoms with van der Waals surface area (Å²) < 4.78 is 30.7. The molecule has 0 aliphatic heterocycles. The minimum Gasteiger partial charge on any atom is -0.368 e. The monoisotopic (exact) mass is 307 g/mol. The van der Waals surface area contributed by atoms with E-state index in [0.717, 1.165) is 0 Å². The number of hydrogen-bond donors (Lipinski definition) is 2. The summed E-state index contributed by atoms with van der Waals surface area (Å²) in [5.74, 6) is 0.168. The number of benzene rings is 1. The summed E-state index contributed by atoms with van der Waals surface area (Å²) in [5, 5.41) is 8.02. The predicted molar refractivity (Wildman–Crippen MR) is 76.4 cm³/mol. The molecule has 0 aliphatic rings. The first-order valence-corrected chi connectivity index (χ1v) is 7.31. The van der Waals surface area contributed by atoms with Gasteiger partial charge in [0.25, 0.3) is 10.1 Å². The number of nitrogens with two attached hydrogens (primary N) is 1. The normalized spacial score (nSPS) is 12.0. The molecule has 1 heterocycles. The maximum absolute atomic E-state index is 10.9. The van der Waals surface area contributed by atoms with E-state index < -0.39 is 10.1 Å². The molecule has 2 aromatic rings. The Morgan fingerprint density at radius 2 is 1.57 bits per heavy atom. The SMILES string of the molecule is Cc1nc(N)nc(C)c1N=Nc1ccc(S(=O)(=O)O)cc1. The van der Waals surface area contributed by atoms with Crippen molar-refractivity contribution in [3.05, 3.63) is 35.7 Å². The van der Waals surface area contributed by atoms with E-state index in [1.54, 1.807) is 13.8 Å². The van der Waals surface area contributed by atoms with Gasteiger partial charge in [0.15, 0.2) is 0 Å². The van der Waals surface area contributed by atoms with Crippen molar-refractivity contribution in [2.75, 3.05) is 5.73 Å². The zero-order chi connectivity index (χ0) is 15.6. The molecule has 3 N–H and O–H groups in total. The highest BCUT2D eigenvalue weighted by Gasteiger charge is 2.09. The molecule has 0 saturated heterocycles. The van der Waals surface area contributed by atoms with Crippen molar-refractivity contribution in [2.45, 2.75) is 18.7 Å². The van der Waals surface area contributed by atoms with Gasteiger partial charge < -0.3 is 5.73 Å². The van der Waals surface area contributed by atoms with Crippen molar-refractivity contribution in [3.63, 3.8) is 0 Å². The first-order chi connectivity index (χ1) is 9.77. The van der Waals surface area contributed by atoms with Crippen LogP contribution in [0.4, 0.5) is 17.3 Å². The van der Waals surface area contributed by atoms with Crippen molar-refractivity contribution >= 4 is 27.4 Å². The minimum absolute atomic E-state index is 0.168. The summed E-state index contributed by atoms with van der Waals surface area (Å²) in [5.41, 5.74) is 7.64. The van der Waals surface area contributed by atoms with Crippen LogP contribution in [0, 0.1) is 13.8 Å². The van der Waals surface area contributed by atoms with Crippen molar-refractivity contribution in [1.82, 2.24) is 9.97 Å². The van der Waals surface area contributed by atoms with Gasteiger partial charge in [-0.05, 0) is 38.1 Å². The Kier molecular flexibility index (Phi) is 3.96. The zero-order valence-corrected chi connectivity index (χ0v) is 12.2. The van der Waals surface area contributed by atoms with Crippen LogP contribution in [0.25, 0.3) is 0 Å². The van der Waals surface area contributed by atoms with E-state index in [-0.39, 0.29) is 10.8 Å². The molecule has 0 atom stereocenters. The first kappa shape index (κ1) is 15.0. The Hall–Kier alpha value is -2.39. The van der Waals surface area contributed by atoms with Crippen LogP contribution >= 0.6 is 0 Å². The number of rotatable bonds is 3. The number of aromatic nitrogens is 2. The molecule has 0 bridgehead atoms. The van der Waals surface area contributed by atoms with Crippen molar-refractivity contribution < 1.29 is 13.0 Å². The molecule has 0 unspecified atom stereocenters. The standard InChI is InChI=1S/C12H13N5O3S/c1-7-11(8(2)15-12(13)14-7)17-16-9-3-5-10(6-4-9)21(18,19)20/h3-6H,1-2H3,(H2,13,14,15)(H,18,19,20). The Bertz CT molecular complexity index is 777. The molecule has 1 aromatic carbocycles. The lowest BCUT2D eigenvalue weighted by atomic mass is 10.3. The van der Waals surface area contributed by atoms with E-state index in [2.05, 4.69) is 20.2 Å². The van der Waals surface area contributed by atoms with Crippen molar-refractivity contribution in [1.29, 1.82) is 0 Å². The maximum atomic E-state index is 10.9. The molecule has 8 nitrogen and oxygen atoms in total. The van der Waals surface area contributed by atoms with Crippen molar-refractivity contribution in [2.24, 2.45) is 10.2 Å². The number of anilines is 1. The van der Waals surface area contributed by atoms with E-state index >= 15 is 0 Å². The third kappa shape index (κ3) is 3.58. The quantitative estimate of drug-likeness (QED) is 0.661. The number of nitrogens with zero attached hydrogens (tertiary/aromatic N) is 4. The second kappa shape index (κ2) is 5.54. The van der Waals surface area contributed by atoms with Crippen LogP contribution in [-0.4, -0.2) is 22.9 Å². The summed E-state index contributed by atoms with van der Waals surface area (Å²) in [6, 6.07) is 5.33. The van der Waals surface area contributed by atoms with Crippen molar-refractivity contribution in [3.8, 4) is 0 Å². The highest BCUT2D eigenvalue weighted by molar-refractivity contribution is 7.85. The first-order valence-electron chi connectivity index (χ1n) is 5.87. The van der Waals surface area contributed by atoms with Gasteiger partial charge in [0.2, 0.25) is 5.95 Å². The molecule has 0 spiro atoms. The second-order valence-electron chi connectivity index (χ2n) is 4.27. The Labute approximate surface area is 121 Å². The third-order valence-electron chi connectivity index (χ3n) is 2.65. The molecule has 0 fully saturated rings. The molecular weight excluding hydrogens is 294 g/mol. The lowest BCUT2D eigenvalue weighted by molar-refractivity contribution is 0.483. The highest BCUT2D eigenvalue weighted by Crippen LogP contribution is 2.24. The summed E-state index contributed by atoms with van der Waals surface area (Å²) in [7, 11) is -4.21. The maximum Gasteiger partial charge on any atom is 0.294 e. The summed E-state index contributed by atoms with van der Waals surface area (Å²) >= 11 is 0. The minimum atomic E-state index is -4.21. The van der Waals surface area contributed by atoms with E-state index in [4.69, 9.17) is 10.3 Å². The summed E-state index contributed by atoms with van der Waals surface area (Å²) in [6.07, 6.45) is 0. The largest absolute Gasteiger partial charge is 0.368 e. The van der Waals surface area contributed by atoms with Crippen LogP contribution in [0.5, 0.6) is 0 Å². The molecule has 0 aliphatic carbocycles. The van der Waals surface area contributed by atoms with Gasteiger partial charge in [-0.15, -0.1) is 5.11 Å². The fraction of sp³-hybridized carbons (Fsp3) is 0.167. The molecule has 0 radical (unpaired) electrons. The Morgan fingerprint density at radius 1 is 1.05 bits per heavy atom. The van der Waals surface area contributed by atoms with Gasteiger partial charge in [0.05, 0.1) is 22.0 Å². The number of nitrogen functional groups attached to an aromatic ring is 1. The lowest BCUT2D eigenvalue weighted by Gasteiger charge is -2.03. The predicted octanol–water partition coefficient (Wildman–Crippen LogP) is 2.34. The Morgan fingerprint density at radius 3 is 2.05 bits per heavy atom. The molecule has 2 rings (SSSR count). The van der Waals surface area contributed by atoms with E-state index in [0.29, 0.717) is 22.8 Å². The number of azo groups is 1. The van der Waals surface area contributed by atoms with Gasteiger partial charge in [-0.1, -0.05) is 0 Å². The van der Waals surface area contributed by atoms with Crippen LogP contribution in [-0.2, 0) is 10.1 Å². The zero-order valence-electron chi connectivity index (χ0n) is 11.3. The third-order valence-corrected chi connectivity index (χ3v) is 3.52. The lowest BCUT2D eigenvalue weighted by Crippen LogP contribution is -1.98. The molecule has 21 heavy (non-hydrogen) atoms. The number of aryl methyl sites for hydroxylation is 2. The van der Waals surface area contributed by atoms with Crippen LogP contribution in [0.15, 0.2) is 39.4 Å².